The third-order valence-electron chi connectivity index (χ3n) is 2.69. The lowest BCUT2D eigenvalue weighted by atomic mass is 10.2. The molecule has 0 aromatic heterocycles. The minimum atomic E-state index is -0.446. The Morgan fingerprint density at radius 2 is 1.80 bits per heavy atom. The van der Waals surface area contributed by atoms with Gasteiger partial charge in [-0.25, -0.2) is 0 Å². The lowest BCUT2D eigenvalue weighted by molar-refractivity contribution is -0.383. The van der Waals surface area contributed by atoms with Crippen molar-refractivity contribution >= 4 is 46.0 Å². The summed E-state index contributed by atoms with van der Waals surface area (Å²) in [7, 11) is 1.63. The van der Waals surface area contributed by atoms with E-state index >= 15 is 0 Å². The van der Waals surface area contributed by atoms with Crippen LogP contribution in [0.25, 0.3) is 0 Å². The van der Waals surface area contributed by atoms with Gasteiger partial charge in [-0.05, 0) is 30.3 Å². The Balaban J connectivity index is 2.45. The monoisotopic (exact) mass is 311 g/mol. The van der Waals surface area contributed by atoms with Gasteiger partial charge in [0.2, 0.25) is 0 Å². The van der Waals surface area contributed by atoms with Gasteiger partial charge in [0, 0.05) is 12.1 Å². The van der Waals surface area contributed by atoms with Crippen molar-refractivity contribution < 1.29 is 4.92 Å². The zero-order chi connectivity index (χ0) is 14.7. The van der Waals surface area contributed by atoms with E-state index in [1.54, 1.807) is 43.4 Å². The quantitative estimate of drug-likeness (QED) is 0.635. The summed E-state index contributed by atoms with van der Waals surface area (Å²) in [5, 5.41) is 17.8. The predicted octanol–water partition coefficient (Wildman–Crippen LogP) is 4.69. The standard InChI is InChI=1S/C13H11Cl2N3O2/c1-16-11-3-2-4-12(13(11)18(19)20)17-10-6-5-8(14)7-9(10)15/h2-7,16-17H,1H3. The van der Waals surface area contributed by atoms with Crippen molar-refractivity contribution in [2.24, 2.45) is 0 Å². The number of nitro groups is 1. The Hall–Kier alpha value is -1.98. The van der Waals surface area contributed by atoms with Gasteiger partial charge in [-0.15, -0.1) is 0 Å². The SMILES string of the molecule is CNc1cccc(Nc2ccc(Cl)cc2Cl)c1[N+](=O)[O-]. The molecule has 0 spiro atoms. The summed E-state index contributed by atoms with van der Waals surface area (Å²) in [5.41, 5.74) is 1.28. The van der Waals surface area contributed by atoms with Gasteiger partial charge in [0.1, 0.15) is 11.4 Å². The Bertz CT molecular complexity index is 662. The normalized spacial score (nSPS) is 10.2. The summed E-state index contributed by atoms with van der Waals surface area (Å²) in [6, 6.07) is 9.85. The van der Waals surface area contributed by atoms with E-state index in [1.807, 2.05) is 0 Å². The van der Waals surface area contributed by atoms with E-state index in [1.165, 1.54) is 0 Å². The highest BCUT2D eigenvalue weighted by molar-refractivity contribution is 6.36. The van der Waals surface area contributed by atoms with Gasteiger partial charge in [0.05, 0.1) is 15.6 Å². The third kappa shape index (κ3) is 2.95. The summed E-state index contributed by atoms with van der Waals surface area (Å²) in [6.07, 6.45) is 0. The summed E-state index contributed by atoms with van der Waals surface area (Å²) < 4.78 is 0. The second-order valence-electron chi connectivity index (χ2n) is 3.96. The van der Waals surface area contributed by atoms with Crippen LogP contribution in [0.1, 0.15) is 0 Å². The van der Waals surface area contributed by atoms with Gasteiger partial charge in [-0.2, -0.15) is 0 Å². The molecule has 0 aliphatic rings. The van der Waals surface area contributed by atoms with Gasteiger partial charge >= 0.3 is 5.69 Å². The number of hydrogen-bond acceptors (Lipinski definition) is 4. The lowest BCUT2D eigenvalue weighted by Gasteiger charge is -2.11. The predicted molar refractivity (Wildman–Crippen MR) is 82.4 cm³/mol. The van der Waals surface area contributed by atoms with E-state index in [9.17, 15) is 10.1 Å². The topological polar surface area (TPSA) is 67.2 Å². The molecule has 2 aromatic carbocycles. The number of rotatable bonds is 4. The molecule has 0 saturated heterocycles. The van der Waals surface area contributed by atoms with Crippen LogP contribution >= 0.6 is 23.2 Å². The maximum atomic E-state index is 11.2. The fourth-order valence-electron chi connectivity index (χ4n) is 1.78. The molecule has 0 atom stereocenters. The summed E-state index contributed by atoms with van der Waals surface area (Å²) in [4.78, 5) is 10.8. The smallest absolute Gasteiger partial charge is 0.315 e. The molecule has 0 unspecified atom stereocenters. The zero-order valence-electron chi connectivity index (χ0n) is 10.5. The number of nitro benzene ring substituents is 1. The molecule has 2 N–H and O–H groups in total. The van der Waals surface area contributed by atoms with Crippen LogP contribution in [0.15, 0.2) is 36.4 Å². The number of benzene rings is 2. The fraction of sp³-hybridized carbons (Fsp3) is 0.0769. The van der Waals surface area contributed by atoms with E-state index in [0.717, 1.165) is 0 Å². The van der Waals surface area contributed by atoms with Crippen molar-refractivity contribution in [2.75, 3.05) is 17.7 Å². The van der Waals surface area contributed by atoms with Gasteiger partial charge in [0.15, 0.2) is 0 Å². The van der Waals surface area contributed by atoms with Crippen LogP contribution < -0.4 is 10.6 Å². The van der Waals surface area contributed by atoms with E-state index in [0.29, 0.717) is 27.1 Å². The maximum absolute atomic E-state index is 11.2. The van der Waals surface area contributed by atoms with Gasteiger partial charge in [-0.3, -0.25) is 10.1 Å². The van der Waals surface area contributed by atoms with Gasteiger partial charge in [-0.1, -0.05) is 29.3 Å². The third-order valence-corrected chi connectivity index (χ3v) is 3.24. The van der Waals surface area contributed by atoms with Crippen molar-refractivity contribution in [1.82, 2.24) is 0 Å². The Morgan fingerprint density at radius 1 is 1.10 bits per heavy atom. The number of anilines is 3. The number of halogens is 2. The highest BCUT2D eigenvalue weighted by atomic mass is 35.5. The molecule has 0 bridgehead atoms. The van der Waals surface area contributed by atoms with Gasteiger partial charge in [0.25, 0.3) is 0 Å². The Labute approximate surface area is 125 Å². The van der Waals surface area contributed by atoms with Crippen LogP contribution in [0.5, 0.6) is 0 Å². The molecule has 0 aliphatic heterocycles. The molecule has 2 rings (SSSR count). The number of para-hydroxylation sites is 1. The molecule has 0 heterocycles. The molecule has 0 fully saturated rings. The van der Waals surface area contributed by atoms with Crippen LogP contribution in [-0.2, 0) is 0 Å². The number of hydrogen-bond donors (Lipinski definition) is 2. The van der Waals surface area contributed by atoms with E-state index in [2.05, 4.69) is 10.6 Å². The summed E-state index contributed by atoms with van der Waals surface area (Å²) in [6.45, 7) is 0. The lowest BCUT2D eigenvalue weighted by Crippen LogP contribution is -2.01. The van der Waals surface area contributed by atoms with Crippen molar-refractivity contribution in [3.05, 3.63) is 56.6 Å². The first-order valence-corrected chi connectivity index (χ1v) is 6.45. The van der Waals surface area contributed by atoms with E-state index in [4.69, 9.17) is 23.2 Å². The second kappa shape index (κ2) is 5.98. The Morgan fingerprint density at radius 3 is 2.40 bits per heavy atom. The highest BCUT2D eigenvalue weighted by Crippen LogP contribution is 2.36. The van der Waals surface area contributed by atoms with E-state index in [-0.39, 0.29) is 5.69 Å². The number of nitrogens with one attached hydrogen (secondary N) is 2. The molecule has 2 aromatic rings. The van der Waals surface area contributed by atoms with Gasteiger partial charge < -0.3 is 10.6 Å². The van der Waals surface area contributed by atoms with Crippen molar-refractivity contribution in [3.63, 3.8) is 0 Å². The van der Waals surface area contributed by atoms with E-state index < -0.39 is 4.92 Å². The molecule has 104 valence electrons. The molecule has 0 amide bonds. The minimum Gasteiger partial charge on any atom is -0.382 e. The van der Waals surface area contributed by atoms with Crippen LogP contribution in [0.4, 0.5) is 22.7 Å². The molecule has 20 heavy (non-hydrogen) atoms. The second-order valence-corrected chi connectivity index (χ2v) is 4.80. The number of nitrogens with zero attached hydrogens (tertiary/aromatic N) is 1. The first kappa shape index (κ1) is 14.4. The van der Waals surface area contributed by atoms with Crippen molar-refractivity contribution in [1.29, 1.82) is 0 Å². The minimum absolute atomic E-state index is 0.0407. The first-order valence-electron chi connectivity index (χ1n) is 5.70. The first-order chi connectivity index (χ1) is 9.52. The summed E-state index contributed by atoms with van der Waals surface area (Å²) >= 11 is 11.9. The maximum Gasteiger partial charge on any atom is 0.315 e. The average molecular weight is 312 g/mol. The van der Waals surface area contributed by atoms with Crippen LogP contribution in [0, 0.1) is 10.1 Å². The fourth-order valence-corrected chi connectivity index (χ4v) is 2.23. The van der Waals surface area contributed by atoms with Crippen LogP contribution in [0.3, 0.4) is 0 Å². The molecule has 7 heteroatoms. The molecule has 0 aliphatic carbocycles. The zero-order valence-corrected chi connectivity index (χ0v) is 12.0. The average Bonchev–Trinajstić information content (AvgIpc) is 2.41. The van der Waals surface area contributed by atoms with Crippen molar-refractivity contribution in [3.8, 4) is 0 Å². The molecule has 5 nitrogen and oxygen atoms in total. The Kier molecular flexibility index (Phi) is 4.32. The summed E-state index contributed by atoms with van der Waals surface area (Å²) in [5.74, 6) is 0. The highest BCUT2D eigenvalue weighted by Gasteiger charge is 2.19. The van der Waals surface area contributed by atoms with Crippen LogP contribution in [-0.4, -0.2) is 12.0 Å². The molecule has 0 radical (unpaired) electrons. The van der Waals surface area contributed by atoms with Crippen LogP contribution in [0.2, 0.25) is 10.0 Å². The van der Waals surface area contributed by atoms with Crippen molar-refractivity contribution in [2.45, 2.75) is 0 Å². The largest absolute Gasteiger partial charge is 0.382 e. The molecular formula is C13H11Cl2N3O2. The molecule has 0 saturated carbocycles. The molecular weight excluding hydrogens is 301 g/mol.